The van der Waals surface area contributed by atoms with Crippen LogP contribution in [0.4, 0.5) is 0 Å². The Morgan fingerprint density at radius 2 is 2.00 bits per heavy atom. The van der Waals surface area contributed by atoms with Crippen molar-refractivity contribution in [3.05, 3.63) is 0 Å². The lowest BCUT2D eigenvalue weighted by Crippen LogP contribution is -2.64. The van der Waals surface area contributed by atoms with E-state index in [0.29, 0.717) is 13.0 Å². The molecular weight excluding hydrogens is 404 g/mol. The summed E-state index contributed by atoms with van der Waals surface area (Å²) in [6, 6.07) is -1.64. The number of hydrogen-bond donors (Lipinski definition) is 2. The molecule has 0 unspecified atom stereocenters. The second-order valence-electron chi connectivity index (χ2n) is 6.73. The number of amides is 4. The number of ether oxygens (including phenoxy) is 1. The number of nitrogens with zero attached hydrogens (tertiary/aromatic N) is 2. The lowest BCUT2D eigenvalue weighted by molar-refractivity contribution is -0.301. The minimum absolute atomic E-state index is 0.0413. The summed E-state index contributed by atoms with van der Waals surface area (Å²) in [6.07, 6.45) is 1.23. The van der Waals surface area contributed by atoms with Gasteiger partial charge in [-0.2, -0.15) is 0 Å². The summed E-state index contributed by atoms with van der Waals surface area (Å²) in [5, 5.41) is 15.8. The predicted molar refractivity (Wildman–Crippen MR) is 100 cm³/mol. The average Bonchev–Trinajstić information content (AvgIpc) is 2.69. The molecule has 0 spiro atoms. The van der Waals surface area contributed by atoms with Crippen LogP contribution in [-0.2, 0) is 28.7 Å². The number of thioether (sulfide) groups is 1. The Labute approximate surface area is 172 Å². The normalized spacial score (nSPS) is 22.0. The van der Waals surface area contributed by atoms with E-state index >= 15 is 0 Å². The molecule has 4 amide bonds. The van der Waals surface area contributed by atoms with Crippen molar-refractivity contribution >= 4 is 41.4 Å². The maximum Gasteiger partial charge on any atom is 0.249 e. The zero-order valence-electron chi connectivity index (χ0n) is 16.2. The van der Waals surface area contributed by atoms with Crippen molar-refractivity contribution in [1.29, 1.82) is 0 Å². The van der Waals surface area contributed by atoms with E-state index in [4.69, 9.17) is 4.74 Å². The highest BCUT2D eigenvalue weighted by atomic mass is 32.2. The Hall–Kier alpha value is -2.34. The summed E-state index contributed by atoms with van der Waals surface area (Å²) in [6.45, 7) is 0.657. The molecule has 2 saturated heterocycles. The van der Waals surface area contributed by atoms with Gasteiger partial charge in [0.15, 0.2) is 0 Å². The molecule has 0 saturated carbocycles. The zero-order chi connectivity index (χ0) is 21.4. The Kier molecular flexibility index (Phi) is 8.70. The summed E-state index contributed by atoms with van der Waals surface area (Å²) < 4.78 is 4.87. The van der Waals surface area contributed by atoms with Gasteiger partial charge in [-0.05, 0) is 12.8 Å². The number of carbonyl (C=O) groups excluding carboxylic acids is 5. The first-order valence-electron chi connectivity index (χ1n) is 9.25. The smallest absolute Gasteiger partial charge is 0.249 e. The molecule has 0 aliphatic carbocycles. The van der Waals surface area contributed by atoms with Gasteiger partial charge >= 0.3 is 0 Å². The highest BCUT2D eigenvalue weighted by molar-refractivity contribution is 8.00. The first-order chi connectivity index (χ1) is 13.8. The highest BCUT2D eigenvalue weighted by Crippen LogP contribution is 2.14. The minimum atomic E-state index is -1.26. The van der Waals surface area contributed by atoms with Gasteiger partial charge in [-0.25, -0.2) is 0 Å². The highest BCUT2D eigenvalue weighted by Gasteiger charge is 2.38. The molecule has 2 rings (SSSR count). The summed E-state index contributed by atoms with van der Waals surface area (Å²) in [5.74, 6) is -3.15. The largest absolute Gasteiger partial charge is 0.549 e. The van der Waals surface area contributed by atoms with Crippen LogP contribution >= 0.6 is 11.8 Å². The number of nitrogens with one attached hydrogen (secondary N) is 2. The Balaban J connectivity index is 2.05. The van der Waals surface area contributed by atoms with Crippen LogP contribution in [0.5, 0.6) is 0 Å². The number of piperazine rings is 1. The molecule has 2 aliphatic heterocycles. The standard InChI is InChI=1S/C17H26N4O7S/c1-28-8-13(22)21-6-5-20(14(23)9-29-10-15(24)25)7-12(21)17(27)19-11-3-2-4-18-16(11)26/h11-12H,2-10H2,1H3,(H,18,26)(H,19,27)(H,24,25)/p-1/t11-,12-/m0/s1. The number of rotatable bonds is 8. The van der Waals surface area contributed by atoms with Crippen molar-refractivity contribution in [2.24, 2.45) is 0 Å². The molecule has 2 heterocycles. The maximum absolute atomic E-state index is 12.8. The zero-order valence-corrected chi connectivity index (χ0v) is 17.0. The number of aliphatic carboxylic acids is 1. The Morgan fingerprint density at radius 1 is 1.24 bits per heavy atom. The third-order valence-electron chi connectivity index (χ3n) is 4.67. The van der Waals surface area contributed by atoms with Crippen LogP contribution in [0.1, 0.15) is 12.8 Å². The SMILES string of the molecule is COCC(=O)N1CCN(C(=O)CSCC(=O)[O-])C[C@H]1C(=O)N[C@H]1CCCNC1=O. The third kappa shape index (κ3) is 6.60. The Morgan fingerprint density at radius 3 is 2.66 bits per heavy atom. The number of piperidine rings is 1. The van der Waals surface area contributed by atoms with Crippen LogP contribution in [0.25, 0.3) is 0 Å². The van der Waals surface area contributed by atoms with Crippen LogP contribution < -0.4 is 15.7 Å². The molecule has 0 aromatic heterocycles. The van der Waals surface area contributed by atoms with E-state index in [1.54, 1.807) is 0 Å². The van der Waals surface area contributed by atoms with Crippen molar-refractivity contribution in [1.82, 2.24) is 20.4 Å². The van der Waals surface area contributed by atoms with E-state index in [1.807, 2.05) is 0 Å². The van der Waals surface area contributed by atoms with Crippen LogP contribution in [0.2, 0.25) is 0 Å². The van der Waals surface area contributed by atoms with Crippen molar-refractivity contribution in [2.75, 3.05) is 51.4 Å². The summed E-state index contributed by atoms with van der Waals surface area (Å²) in [5.41, 5.74) is 0. The van der Waals surface area contributed by atoms with Gasteiger partial charge in [0.05, 0.1) is 18.3 Å². The number of carboxylic acids is 1. The number of hydrogen-bond acceptors (Lipinski definition) is 8. The lowest BCUT2D eigenvalue weighted by atomic mass is 10.0. The van der Waals surface area contributed by atoms with Gasteiger partial charge in [0.25, 0.3) is 0 Å². The van der Waals surface area contributed by atoms with Gasteiger partial charge in [0, 0.05) is 32.5 Å². The fourth-order valence-electron chi connectivity index (χ4n) is 3.23. The van der Waals surface area contributed by atoms with Gasteiger partial charge < -0.3 is 35.1 Å². The topological polar surface area (TPSA) is 148 Å². The second kappa shape index (κ2) is 11.0. The molecule has 2 N–H and O–H groups in total. The molecule has 11 nitrogen and oxygen atoms in total. The van der Waals surface area contributed by atoms with E-state index in [-0.39, 0.29) is 55.5 Å². The first kappa shape index (κ1) is 22.9. The molecule has 2 aliphatic rings. The quantitative estimate of drug-likeness (QED) is 0.405. The van der Waals surface area contributed by atoms with Crippen LogP contribution in [-0.4, -0.2) is 103 Å². The number of carboxylic acid groups (broad SMARTS) is 1. The van der Waals surface area contributed by atoms with Crippen molar-refractivity contribution in [3.8, 4) is 0 Å². The molecular formula is C17H25N4O7S-. The fraction of sp³-hybridized carbons (Fsp3) is 0.706. The van der Waals surface area contributed by atoms with E-state index in [2.05, 4.69) is 10.6 Å². The van der Waals surface area contributed by atoms with Crippen molar-refractivity contribution in [3.63, 3.8) is 0 Å². The molecule has 162 valence electrons. The van der Waals surface area contributed by atoms with E-state index < -0.39 is 24.0 Å². The molecule has 0 radical (unpaired) electrons. The average molecular weight is 429 g/mol. The summed E-state index contributed by atoms with van der Waals surface area (Å²) >= 11 is 0.909. The van der Waals surface area contributed by atoms with Crippen molar-refractivity contribution in [2.45, 2.75) is 24.9 Å². The van der Waals surface area contributed by atoms with E-state index in [0.717, 1.165) is 18.2 Å². The van der Waals surface area contributed by atoms with Crippen LogP contribution in [0.15, 0.2) is 0 Å². The molecule has 12 heteroatoms. The van der Waals surface area contributed by atoms with Gasteiger partial charge in [0.1, 0.15) is 18.7 Å². The van der Waals surface area contributed by atoms with Gasteiger partial charge in [-0.1, -0.05) is 0 Å². The van der Waals surface area contributed by atoms with E-state index in [1.165, 1.54) is 16.9 Å². The molecule has 2 atom stereocenters. The van der Waals surface area contributed by atoms with Gasteiger partial charge in [-0.15, -0.1) is 11.8 Å². The second-order valence-corrected chi connectivity index (χ2v) is 7.72. The van der Waals surface area contributed by atoms with Crippen LogP contribution in [0.3, 0.4) is 0 Å². The molecule has 29 heavy (non-hydrogen) atoms. The maximum atomic E-state index is 12.8. The molecule has 2 fully saturated rings. The molecule has 0 aromatic carbocycles. The van der Waals surface area contributed by atoms with Crippen molar-refractivity contribution < 1.29 is 33.8 Å². The minimum Gasteiger partial charge on any atom is -0.549 e. The first-order valence-corrected chi connectivity index (χ1v) is 10.4. The van der Waals surface area contributed by atoms with Crippen LogP contribution in [0, 0.1) is 0 Å². The van der Waals surface area contributed by atoms with Gasteiger partial charge in [0.2, 0.25) is 23.6 Å². The lowest BCUT2D eigenvalue weighted by Gasteiger charge is -2.41. The molecule has 0 bridgehead atoms. The molecule has 0 aromatic rings. The predicted octanol–water partition coefficient (Wildman–Crippen LogP) is -3.45. The van der Waals surface area contributed by atoms with Gasteiger partial charge in [-0.3, -0.25) is 19.2 Å². The fourth-order valence-corrected chi connectivity index (χ4v) is 3.86. The monoisotopic (exact) mass is 429 g/mol. The number of methoxy groups -OCH3 is 1. The Bertz CT molecular complexity index is 660. The summed E-state index contributed by atoms with van der Waals surface area (Å²) in [4.78, 5) is 62.8. The summed E-state index contributed by atoms with van der Waals surface area (Å²) in [7, 11) is 1.37. The third-order valence-corrected chi connectivity index (χ3v) is 5.56. The van der Waals surface area contributed by atoms with E-state index in [9.17, 15) is 29.1 Å². The number of carbonyl (C=O) groups is 5.